The fourth-order valence-electron chi connectivity index (χ4n) is 1.59. The Bertz CT molecular complexity index is 712. The molecule has 3 aromatic rings. The maximum absolute atomic E-state index is 13.1. The van der Waals surface area contributed by atoms with E-state index in [4.69, 9.17) is 10.3 Å². The Kier molecular flexibility index (Phi) is 3.70. The van der Waals surface area contributed by atoms with Gasteiger partial charge in [0.2, 0.25) is 11.7 Å². The number of hydrogen-bond acceptors (Lipinski definition) is 6. The SMILES string of the molecule is Nc1ccc(F)cc1SCc1nc(-c2cccs2)no1. The van der Waals surface area contributed by atoms with Crippen LogP contribution in [0.5, 0.6) is 0 Å². The number of anilines is 1. The standard InChI is InChI=1S/C13H10FN3OS2/c14-8-3-4-9(15)11(6-8)20-7-12-16-13(17-18-12)10-2-1-5-19-10/h1-6H,7,15H2. The number of nitrogens with zero attached hydrogens (tertiary/aromatic N) is 2. The fraction of sp³-hybridized carbons (Fsp3) is 0.0769. The molecule has 0 fully saturated rings. The van der Waals surface area contributed by atoms with Crippen LogP contribution in [0.25, 0.3) is 10.7 Å². The molecule has 0 saturated carbocycles. The molecule has 2 heterocycles. The van der Waals surface area contributed by atoms with E-state index in [1.165, 1.54) is 23.9 Å². The van der Waals surface area contributed by atoms with Crippen LogP contribution >= 0.6 is 23.1 Å². The van der Waals surface area contributed by atoms with Crippen molar-refractivity contribution in [3.63, 3.8) is 0 Å². The van der Waals surface area contributed by atoms with Crippen molar-refractivity contribution in [3.8, 4) is 10.7 Å². The number of nitrogen functional groups attached to an aromatic ring is 1. The first kappa shape index (κ1) is 13.1. The molecule has 7 heteroatoms. The minimum absolute atomic E-state index is 0.313. The average molecular weight is 307 g/mol. The molecule has 4 nitrogen and oxygen atoms in total. The zero-order valence-electron chi connectivity index (χ0n) is 10.2. The lowest BCUT2D eigenvalue weighted by Crippen LogP contribution is -1.90. The Morgan fingerprint density at radius 3 is 3.05 bits per heavy atom. The number of hydrogen-bond donors (Lipinski definition) is 1. The third kappa shape index (κ3) is 2.83. The first-order chi connectivity index (χ1) is 9.72. The van der Waals surface area contributed by atoms with Crippen molar-refractivity contribution < 1.29 is 8.91 Å². The molecule has 0 saturated heterocycles. The van der Waals surface area contributed by atoms with E-state index in [0.717, 1.165) is 4.88 Å². The van der Waals surface area contributed by atoms with Crippen LogP contribution in [0, 0.1) is 5.82 Å². The van der Waals surface area contributed by atoms with Gasteiger partial charge in [0.05, 0.1) is 10.6 Å². The number of halogens is 1. The second-order valence-electron chi connectivity index (χ2n) is 3.96. The van der Waals surface area contributed by atoms with Crippen molar-refractivity contribution in [3.05, 3.63) is 47.4 Å². The highest BCUT2D eigenvalue weighted by molar-refractivity contribution is 7.98. The van der Waals surface area contributed by atoms with Gasteiger partial charge in [-0.1, -0.05) is 11.2 Å². The lowest BCUT2D eigenvalue weighted by molar-refractivity contribution is 0.392. The zero-order valence-corrected chi connectivity index (χ0v) is 11.9. The van der Waals surface area contributed by atoms with Crippen molar-refractivity contribution in [2.24, 2.45) is 0 Å². The molecule has 0 radical (unpaired) electrons. The van der Waals surface area contributed by atoms with Crippen molar-refractivity contribution in [1.29, 1.82) is 0 Å². The van der Waals surface area contributed by atoms with Crippen LogP contribution in [0.4, 0.5) is 10.1 Å². The van der Waals surface area contributed by atoms with Gasteiger partial charge < -0.3 is 10.3 Å². The van der Waals surface area contributed by atoms with E-state index in [1.54, 1.807) is 17.4 Å². The van der Waals surface area contributed by atoms with Gasteiger partial charge >= 0.3 is 0 Å². The Morgan fingerprint density at radius 2 is 2.25 bits per heavy atom. The van der Waals surface area contributed by atoms with Crippen LogP contribution in [0.2, 0.25) is 0 Å². The quantitative estimate of drug-likeness (QED) is 0.586. The van der Waals surface area contributed by atoms with E-state index >= 15 is 0 Å². The van der Waals surface area contributed by atoms with Gasteiger partial charge in [-0.05, 0) is 29.6 Å². The summed E-state index contributed by atoms with van der Waals surface area (Å²) in [5, 5.41) is 5.87. The van der Waals surface area contributed by atoms with E-state index in [1.807, 2.05) is 17.5 Å². The smallest absolute Gasteiger partial charge is 0.237 e. The van der Waals surface area contributed by atoms with Crippen LogP contribution in [-0.4, -0.2) is 10.1 Å². The Labute approximate surface area is 122 Å². The van der Waals surface area contributed by atoms with E-state index in [-0.39, 0.29) is 5.82 Å². The molecule has 2 aromatic heterocycles. The van der Waals surface area contributed by atoms with Crippen molar-refractivity contribution in [2.45, 2.75) is 10.6 Å². The fourth-order valence-corrected chi connectivity index (χ4v) is 3.07. The number of benzene rings is 1. The summed E-state index contributed by atoms with van der Waals surface area (Å²) >= 11 is 2.91. The number of thioether (sulfide) groups is 1. The molecule has 0 amide bonds. The number of nitrogens with two attached hydrogens (primary N) is 1. The van der Waals surface area contributed by atoms with Gasteiger partial charge in [0.25, 0.3) is 0 Å². The van der Waals surface area contributed by atoms with E-state index < -0.39 is 0 Å². The largest absolute Gasteiger partial charge is 0.398 e. The second-order valence-corrected chi connectivity index (χ2v) is 5.92. The van der Waals surface area contributed by atoms with Gasteiger partial charge in [-0.3, -0.25) is 0 Å². The van der Waals surface area contributed by atoms with Crippen molar-refractivity contribution in [1.82, 2.24) is 10.1 Å². The van der Waals surface area contributed by atoms with Crippen LogP contribution in [-0.2, 0) is 5.75 Å². The molecular weight excluding hydrogens is 297 g/mol. The van der Waals surface area contributed by atoms with Crippen LogP contribution in [0.15, 0.2) is 45.1 Å². The Hall–Kier alpha value is -1.86. The maximum atomic E-state index is 13.1. The molecule has 0 aliphatic rings. The summed E-state index contributed by atoms with van der Waals surface area (Å²) in [5.74, 6) is 1.20. The first-order valence-electron chi connectivity index (χ1n) is 5.76. The van der Waals surface area contributed by atoms with Gasteiger partial charge in [-0.15, -0.1) is 23.1 Å². The van der Waals surface area contributed by atoms with Crippen molar-refractivity contribution in [2.75, 3.05) is 5.73 Å². The summed E-state index contributed by atoms with van der Waals surface area (Å²) in [6, 6.07) is 8.13. The van der Waals surface area contributed by atoms with Gasteiger partial charge in [-0.2, -0.15) is 4.98 Å². The van der Waals surface area contributed by atoms with Crippen LogP contribution in [0.3, 0.4) is 0 Å². The molecule has 0 unspecified atom stereocenters. The summed E-state index contributed by atoms with van der Waals surface area (Å²) in [7, 11) is 0. The minimum atomic E-state index is -0.313. The number of thiophene rings is 1. The maximum Gasteiger partial charge on any atom is 0.237 e. The average Bonchev–Trinajstić information content (AvgIpc) is 3.09. The summed E-state index contributed by atoms with van der Waals surface area (Å²) in [6.45, 7) is 0. The molecule has 2 N–H and O–H groups in total. The molecule has 3 rings (SSSR count). The summed E-state index contributed by atoms with van der Waals surface area (Å²) < 4.78 is 18.3. The number of rotatable bonds is 4. The summed E-state index contributed by atoms with van der Waals surface area (Å²) in [4.78, 5) is 5.92. The molecular formula is C13H10FN3OS2. The molecule has 0 spiro atoms. The van der Waals surface area contributed by atoms with E-state index in [2.05, 4.69) is 10.1 Å². The lowest BCUT2D eigenvalue weighted by Gasteiger charge is -2.02. The predicted octanol–water partition coefficient (Wildman–Crippen LogP) is 3.81. The second kappa shape index (κ2) is 5.64. The summed E-state index contributed by atoms with van der Waals surface area (Å²) in [6.07, 6.45) is 0. The zero-order chi connectivity index (χ0) is 13.9. The Balaban J connectivity index is 1.71. The molecule has 0 atom stereocenters. The predicted molar refractivity (Wildman–Crippen MR) is 78.0 cm³/mol. The minimum Gasteiger partial charge on any atom is -0.398 e. The van der Waals surface area contributed by atoms with E-state index in [9.17, 15) is 4.39 Å². The molecule has 0 bridgehead atoms. The highest BCUT2D eigenvalue weighted by Gasteiger charge is 2.10. The molecule has 0 aliphatic carbocycles. The van der Waals surface area contributed by atoms with Crippen LogP contribution < -0.4 is 5.73 Å². The third-order valence-corrected chi connectivity index (χ3v) is 4.46. The van der Waals surface area contributed by atoms with Crippen molar-refractivity contribution >= 4 is 28.8 Å². The van der Waals surface area contributed by atoms with Gasteiger partial charge in [0.15, 0.2) is 0 Å². The highest BCUT2D eigenvalue weighted by Crippen LogP contribution is 2.29. The topological polar surface area (TPSA) is 64.9 Å². The summed E-state index contributed by atoms with van der Waals surface area (Å²) in [5.41, 5.74) is 6.32. The van der Waals surface area contributed by atoms with Crippen LogP contribution in [0.1, 0.15) is 5.89 Å². The molecule has 0 aliphatic heterocycles. The Morgan fingerprint density at radius 1 is 1.35 bits per heavy atom. The third-order valence-electron chi connectivity index (χ3n) is 2.54. The van der Waals surface area contributed by atoms with Gasteiger partial charge in [-0.25, -0.2) is 4.39 Å². The highest BCUT2D eigenvalue weighted by atomic mass is 32.2. The monoisotopic (exact) mass is 307 g/mol. The lowest BCUT2D eigenvalue weighted by atomic mass is 10.3. The first-order valence-corrected chi connectivity index (χ1v) is 7.63. The normalized spacial score (nSPS) is 10.8. The van der Waals surface area contributed by atoms with Gasteiger partial charge in [0.1, 0.15) is 5.82 Å². The van der Waals surface area contributed by atoms with Gasteiger partial charge in [0, 0.05) is 10.6 Å². The molecule has 1 aromatic carbocycles. The molecule has 20 heavy (non-hydrogen) atoms. The molecule has 102 valence electrons. The number of aromatic nitrogens is 2. The van der Waals surface area contributed by atoms with E-state index in [0.29, 0.717) is 28.1 Å².